The Bertz CT molecular complexity index is 630. The van der Waals surface area contributed by atoms with E-state index in [1.54, 1.807) is 6.08 Å². The van der Waals surface area contributed by atoms with Crippen molar-refractivity contribution in [2.45, 2.75) is 134 Å². The first-order valence-corrected chi connectivity index (χ1v) is 15.0. The van der Waals surface area contributed by atoms with Crippen molar-refractivity contribution in [3.63, 3.8) is 0 Å². The lowest BCUT2D eigenvalue weighted by atomic mass is 10.0. The molecule has 0 spiro atoms. The van der Waals surface area contributed by atoms with Crippen molar-refractivity contribution in [1.29, 1.82) is 0 Å². The molecule has 0 aliphatic carbocycles. The zero-order valence-corrected chi connectivity index (χ0v) is 21.4. The van der Waals surface area contributed by atoms with Gasteiger partial charge in [0, 0.05) is 6.08 Å². The summed E-state index contributed by atoms with van der Waals surface area (Å²) >= 11 is 0. The highest BCUT2D eigenvalue weighted by Gasteiger charge is 2.60. The summed E-state index contributed by atoms with van der Waals surface area (Å²) in [6.07, 6.45) is 5.82. The number of carbonyl (C=O) groups excluding carboxylic acids is 1. The molecule has 0 bridgehead atoms. The molecule has 0 aromatic carbocycles. The number of hydrogen-bond donors (Lipinski definition) is 1. The van der Waals surface area contributed by atoms with Crippen LogP contribution in [0.1, 0.15) is 73.1 Å². The molecule has 1 N–H and O–H groups in total. The maximum atomic E-state index is 11.5. The van der Waals surface area contributed by atoms with E-state index in [2.05, 4.69) is 20.8 Å². The second-order valence-corrected chi connectivity index (χ2v) is 14.0. The fraction of sp³-hybridized carbons (Fsp3) is 0.875. The maximum Gasteiger partial charge on any atom is 0.331 e. The number of rotatable bonds is 13. The fourth-order valence-electron chi connectivity index (χ4n) is 5.01. The van der Waals surface area contributed by atoms with Gasteiger partial charge in [-0.25, -0.2) is 4.79 Å². The highest BCUT2D eigenvalue weighted by molar-refractivity contribution is 6.73. The number of aliphatic hydroxyl groups is 1. The summed E-state index contributed by atoms with van der Waals surface area (Å²) in [6, 6.07) is 3.34. The number of ether oxygens (including phenoxy) is 4. The number of esters is 1. The van der Waals surface area contributed by atoms with Gasteiger partial charge in [0.25, 0.3) is 0 Å². The van der Waals surface area contributed by atoms with Crippen molar-refractivity contribution in [2.75, 3.05) is 0 Å². The number of aliphatic hydroxyl groups excluding tert-OH is 1. The Kier molecular flexibility index (Phi) is 8.97. The Hall–Kier alpha value is -0.773. The van der Waals surface area contributed by atoms with Crippen LogP contribution in [0.5, 0.6) is 0 Å². The summed E-state index contributed by atoms with van der Waals surface area (Å²) < 4.78 is 30.9. The van der Waals surface area contributed by atoms with Gasteiger partial charge < -0.3 is 28.5 Å². The Morgan fingerprint density at radius 1 is 1.03 bits per heavy atom. The Labute approximate surface area is 193 Å². The van der Waals surface area contributed by atoms with Gasteiger partial charge in [-0.05, 0) is 38.1 Å². The molecular weight excluding hydrogens is 428 g/mol. The lowest BCUT2D eigenvalue weighted by Gasteiger charge is -2.36. The van der Waals surface area contributed by atoms with Crippen LogP contribution >= 0.6 is 0 Å². The molecule has 0 amide bonds. The Balaban J connectivity index is 1.81. The highest BCUT2D eigenvalue weighted by atomic mass is 28.4. The van der Waals surface area contributed by atoms with Crippen LogP contribution in [0.4, 0.5) is 0 Å². The summed E-state index contributed by atoms with van der Waals surface area (Å²) in [6.45, 7) is 10.4. The first-order chi connectivity index (χ1) is 15.2. The molecule has 2 saturated heterocycles. The average Bonchev–Trinajstić information content (AvgIpc) is 3.42. The van der Waals surface area contributed by atoms with E-state index in [-0.39, 0.29) is 0 Å². The number of cyclic esters (lactones) is 1. The molecule has 0 radical (unpaired) electrons. The summed E-state index contributed by atoms with van der Waals surface area (Å²) in [7, 11) is -2.08. The molecule has 0 aromatic heterocycles. The normalized spacial score (nSPS) is 32.3. The minimum Gasteiger partial charge on any atom is -0.452 e. The third-order valence-electron chi connectivity index (χ3n) is 6.72. The number of hydrogen-bond acceptors (Lipinski definition) is 7. The number of fused-ring (bicyclic) bond motifs is 1. The van der Waals surface area contributed by atoms with Crippen LogP contribution in [0, 0.1) is 0 Å². The van der Waals surface area contributed by atoms with E-state index in [4.69, 9.17) is 23.4 Å². The molecule has 3 aliphatic heterocycles. The van der Waals surface area contributed by atoms with Gasteiger partial charge in [0.15, 0.2) is 20.4 Å². The zero-order valence-electron chi connectivity index (χ0n) is 20.4. The van der Waals surface area contributed by atoms with Gasteiger partial charge in [-0.1, -0.05) is 59.3 Å². The molecule has 6 atom stereocenters. The molecule has 3 heterocycles. The molecule has 8 heteroatoms. The van der Waals surface area contributed by atoms with E-state index in [1.807, 2.05) is 13.8 Å². The van der Waals surface area contributed by atoms with E-state index >= 15 is 0 Å². The minimum atomic E-state index is -2.08. The smallest absolute Gasteiger partial charge is 0.331 e. The van der Waals surface area contributed by atoms with Gasteiger partial charge in [-0.2, -0.15) is 0 Å². The van der Waals surface area contributed by atoms with Gasteiger partial charge >= 0.3 is 5.97 Å². The van der Waals surface area contributed by atoms with Crippen molar-refractivity contribution in [3.8, 4) is 0 Å². The molecule has 32 heavy (non-hydrogen) atoms. The summed E-state index contributed by atoms with van der Waals surface area (Å²) in [5.74, 6) is -1.24. The van der Waals surface area contributed by atoms with Gasteiger partial charge in [0.2, 0.25) is 0 Å². The fourth-order valence-corrected chi connectivity index (χ4v) is 9.79. The van der Waals surface area contributed by atoms with Crippen molar-refractivity contribution >= 4 is 14.3 Å². The van der Waals surface area contributed by atoms with E-state index < -0.39 is 56.9 Å². The third-order valence-corrected chi connectivity index (χ3v) is 11.2. The van der Waals surface area contributed by atoms with Crippen molar-refractivity contribution in [3.05, 3.63) is 12.2 Å². The molecule has 7 nitrogen and oxygen atoms in total. The lowest BCUT2D eigenvalue weighted by Crippen LogP contribution is -2.46. The van der Waals surface area contributed by atoms with E-state index in [1.165, 1.54) is 6.08 Å². The first-order valence-electron chi connectivity index (χ1n) is 12.5. The van der Waals surface area contributed by atoms with E-state index in [9.17, 15) is 9.90 Å². The number of carbonyl (C=O) groups is 1. The Morgan fingerprint density at radius 2 is 1.59 bits per heavy atom. The van der Waals surface area contributed by atoms with Crippen LogP contribution in [-0.4, -0.2) is 62.0 Å². The average molecular weight is 471 g/mol. The van der Waals surface area contributed by atoms with Gasteiger partial charge in [-0.15, -0.1) is 0 Å². The molecule has 0 saturated carbocycles. The topological polar surface area (TPSA) is 83.5 Å². The van der Waals surface area contributed by atoms with Crippen LogP contribution in [0.25, 0.3) is 0 Å². The second kappa shape index (κ2) is 11.1. The van der Waals surface area contributed by atoms with Crippen molar-refractivity contribution in [2.24, 2.45) is 0 Å². The maximum absolute atomic E-state index is 11.5. The Morgan fingerprint density at radius 3 is 2.09 bits per heavy atom. The molecule has 1 unspecified atom stereocenters. The molecule has 2 fully saturated rings. The van der Waals surface area contributed by atoms with Gasteiger partial charge in [-0.3, -0.25) is 0 Å². The standard InChI is InChI=1S/C24H42O7Si/c1-6-9-14-32(15-10-7-2,16-11-8-3)31-23-22-21(29-24(4,5)30-22)20(28-23)19(26)17-12-13-18(25)27-17/h12-13,17,19-23,26H,6-11,14-16H2,1-5H3/t17-,19?,20-,21+,22+,23-/m1/s1. The van der Waals surface area contributed by atoms with Crippen molar-refractivity contribution in [1.82, 2.24) is 0 Å². The van der Waals surface area contributed by atoms with Crippen LogP contribution < -0.4 is 0 Å². The predicted molar refractivity (Wildman–Crippen MR) is 123 cm³/mol. The van der Waals surface area contributed by atoms with Gasteiger partial charge in [0.1, 0.15) is 30.5 Å². The number of unbranched alkanes of at least 4 members (excludes halogenated alkanes) is 3. The second-order valence-electron chi connectivity index (χ2n) is 9.90. The van der Waals surface area contributed by atoms with Crippen LogP contribution in [-0.2, 0) is 28.2 Å². The van der Waals surface area contributed by atoms with Gasteiger partial charge in [0.05, 0.1) is 0 Å². The quantitative estimate of drug-likeness (QED) is 0.315. The predicted octanol–water partition coefficient (Wildman–Crippen LogP) is 4.44. The summed E-state index contributed by atoms with van der Waals surface area (Å²) in [4.78, 5) is 11.5. The summed E-state index contributed by atoms with van der Waals surface area (Å²) in [5, 5.41) is 11.0. The SMILES string of the molecule is CCCC[Si](CCCC)(CCCC)O[C@H]1O[C@H](C(O)[C@H]2C=CC(=O)O2)[C@@H]2OC(C)(C)O[C@H]12. The molecule has 184 valence electrons. The molecular formula is C24H42O7Si. The van der Waals surface area contributed by atoms with E-state index in [0.717, 1.165) is 56.7 Å². The third kappa shape index (κ3) is 6.01. The molecule has 0 aromatic rings. The van der Waals surface area contributed by atoms with E-state index in [0.29, 0.717) is 0 Å². The van der Waals surface area contributed by atoms with Crippen LogP contribution in [0.2, 0.25) is 18.1 Å². The first kappa shape index (κ1) is 25.8. The highest BCUT2D eigenvalue weighted by Crippen LogP contribution is 2.43. The summed E-state index contributed by atoms with van der Waals surface area (Å²) in [5.41, 5.74) is 0. The van der Waals surface area contributed by atoms with Crippen molar-refractivity contribution < 1.29 is 33.3 Å². The zero-order chi connectivity index (χ0) is 23.4. The lowest BCUT2D eigenvalue weighted by molar-refractivity contribution is -0.230. The monoisotopic (exact) mass is 470 g/mol. The minimum absolute atomic E-state index is 0.414. The molecule has 3 rings (SSSR count). The molecule has 3 aliphatic rings. The van der Waals surface area contributed by atoms with Crippen LogP contribution in [0.3, 0.4) is 0 Å². The largest absolute Gasteiger partial charge is 0.452 e. The van der Waals surface area contributed by atoms with Crippen LogP contribution in [0.15, 0.2) is 12.2 Å².